The summed E-state index contributed by atoms with van der Waals surface area (Å²) in [6, 6.07) is 2.28. The van der Waals surface area contributed by atoms with Crippen LogP contribution in [0.4, 0.5) is 13.2 Å². The number of ether oxygens (including phenoxy) is 1. The fourth-order valence-corrected chi connectivity index (χ4v) is 2.21. The number of carbonyl (C=O) groups is 1. The monoisotopic (exact) mass is 293 g/mol. The third-order valence-corrected chi connectivity index (χ3v) is 3.20. The van der Waals surface area contributed by atoms with E-state index in [1.54, 1.807) is 13.8 Å². The minimum absolute atomic E-state index is 0.108. The van der Waals surface area contributed by atoms with Crippen molar-refractivity contribution in [1.82, 2.24) is 4.98 Å². The van der Waals surface area contributed by atoms with Crippen molar-refractivity contribution in [3.8, 4) is 0 Å². The Morgan fingerprint density at radius 3 is 2.63 bits per heavy atom. The lowest BCUT2D eigenvalue weighted by Gasteiger charge is -2.10. The molecule has 1 atom stereocenters. The van der Waals surface area contributed by atoms with Gasteiger partial charge in [-0.15, -0.1) is 11.8 Å². The van der Waals surface area contributed by atoms with Crippen molar-refractivity contribution in [3.63, 3.8) is 0 Å². The quantitative estimate of drug-likeness (QED) is 0.615. The van der Waals surface area contributed by atoms with E-state index in [0.717, 1.165) is 12.3 Å². The smallest absolute Gasteiger partial charge is 0.417 e. The van der Waals surface area contributed by atoms with E-state index in [9.17, 15) is 18.0 Å². The van der Waals surface area contributed by atoms with Crippen LogP contribution in [0, 0.1) is 0 Å². The van der Waals surface area contributed by atoms with E-state index >= 15 is 0 Å². The van der Waals surface area contributed by atoms with Crippen LogP contribution < -0.4 is 0 Å². The van der Waals surface area contributed by atoms with Gasteiger partial charge < -0.3 is 4.74 Å². The fourth-order valence-electron chi connectivity index (χ4n) is 1.32. The van der Waals surface area contributed by atoms with Crippen molar-refractivity contribution in [2.24, 2.45) is 0 Å². The Morgan fingerprint density at radius 1 is 1.47 bits per heavy atom. The Hall–Kier alpha value is -1.24. The predicted molar refractivity (Wildman–Crippen MR) is 65.8 cm³/mol. The van der Waals surface area contributed by atoms with Crippen molar-refractivity contribution in [3.05, 3.63) is 23.9 Å². The van der Waals surface area contributed by atoms with Gasteiger partial charge in [0.25, 0.3) is 0 Å². The zero-order chi connectivity index (χ0) is 14.5. The number of thioether (sulfide) groups is 1. The van der Waals surface area contributed by atoms with Crippen LogP contribution in [0.1, 0.15) is 25.8 Å². The first-order valence-electron chi connectivity index (χ1n) is 5.68. The third kappa shape index (κ3) is 5.50. The van der Waals surface area contributed by atoms with Gasteiger partial charge in [-0.3, -0.25) is 4.79 Å². The number of nitrogens with zero attached hydrogens (tertiary/aromatic N) is 1. The summed E-state index contributed by atoms with van der Waals surface area (Å²) < 4.78 is 41.8. The summed E-state index contributed by atoms with van der Waals surface area (Å²) in [5, 5.41) is 0.341. The number of esters is 1. The molecule has 7 heteroatoms. The highest BCUT2D eigenvalue weighted by atomic mass is 32.2. The first-order valence-corrected chi connectivity index (χ1v) is 6.56. The van der Waals surface area contributed by atoms with E-state index in [0.29, 0.717) is 11.6 Å². The molecule has 0 spiro atoms. The molecule has 0 bridgehead atoms. The number of alkyl halides is 3. The van der Waals surface area contributed by atoms with Gasteiger partial charge in [0, 0.05) is 11.4 Å². The molecule has 0 aliphatic carbocycles. The predicted octanol–water partition coefficient (Wildman–Crippen LogP) is 3.53. The summed E-state index contributed by atoms with van der Waals surface area (Å²) in [5.41, 5.74) is -0.783. The lowest BCUT2D eigenvalue weighted by molar-refractivity contribution is -0.143. The fraction of sp³-hybridized carbons (Fsp3) is 0.500. The van der Waals surface area contributed by atoms with Gasteiger partial charge in [-0.1, -0.05) is 6.92 Å². The third-order valence-electron chi connectivity index (χ3n) is 2.15. The molecule has 1 aromatic rings. The van der Waals surface area contributed by atoms with Crippen LogP contribution >= 0.6 is 11.8 Å². The second-order valence-corrected chi connectivity index (χ2v) is 5.28. The van der Waals surface area contributed by atoms with Gasteiger partial charge in [-0.05, 0) is 19.1 Å². The summed E-state index contributed by atoms with van der Waals surface area (Å²) in [5.74, 6) is -0.325. The summed E-state index contributed by atoms with van der Waals surface area (Å²) >= 11 is 1.24. The van der Waals surface area contributed by atoms with E-state index in [1.807, 2.05) is 0 Å². The summed E-state index contributed by atoms with van der Waals surface area (Å²) in [6.07, 6.45) is -3.40. The van der Waals surface area contributed by atoms with Crippen molar-refractivity contribution in [2.75, 3.05) is 6.61 Å². The molecule has 0 fully saturated rings. The van der Waals surface area contributed by atoms with Gasteiger partial charge in [0.1, 0.15) is 0 Å². The van der Waals surface area contributed by atoms with Crippen molar-refractivity contribution < 1.29 is 22.7 Å². The van der Waals surface area contributed by atoms with Crippen LogP contribution in [0.2, 0.25) is 0 Å². The Balaban J connectivity index is 2.56. The van der Waals surface area contributed by atoms with Gasteiger partial charge in [0.2, 0.25) is 0 Å². The highest BCUT2D eigenvalue weighted by molar-refractivity contribution is 7.99. The van der Waals surface area contributed by atoms with Crippen LogP contribution in [0.5, 0.6) is 0 Å². The Morgan fingerprint density at radius 2 is 2.16 bits per heavy atom. The molecule has 0 amide bonds. The molecule has 1 rings (SSSR count). The van der Waals surface area contributed by atoms with Crippen molar-refractivity contribution >= 4 is 17.7 Å². The molecule has 1 unspecified atom stereocenters. The van der Waals surface area contributed by atoms with Crippen LogP contribution in [0.25, 0.3) is 0 Å². The number of hydrogen-bond donors (Lipinski definition) is 0. The van der Waals surface area contributed by atoms with Crippen LogP contribution in [0.15, 0.2) is 23.4 Å². The van der Waals surface area contributed by atoms with Crippen molar-refractivity contribution in [2.45, 2.75) is 36.7 Å². The summed E-state index contributed by atoms with van der Waals surface area (Å²) in [4.78, 5) is 15.0. The number of aromatic nitrogens is 1. The Labute approximate surface area is 113 Å². The van der Waals surface area contributed by atoms with Gasteiger partial charge >= 0.3 is 12.1 Å². The van der Waals surface area contributed by atoms with Crippen molar-refractivity contribution in [1.29, 1.82) is 0 Å². The molecule has 0 aliphatic heterocycles. The lowest BCUT2D eigenvalue weighted by Crippen LogP contribution is -2.11. The Bertz CT molecular complexity index is 420. The molecule has 0 saturated heterocycles. The van der Waals surface area contributed by atoms with E-state index in [2.05, 4.69) is 4.98 Å². The maximum Gasteiger partial charge on any atom is 0.417 e. The highest BCUT2D eigenvalue weighted by Crippen LogP contribution is 2.30. The molecule has 1 aromatic heterocycles. The molecular formula is C12H14F3NO2S. The largest absolute Gasteiger partial charge is 0.466 e. The second kappa shape index (κ2) is 6.79. The van der Waals surface area contributed by atoms with E-state index < -0.39 is 11.7 Å². The molecule has 19 heavy (non-hydrogen) atoms. The van der Waals surface area contributed by atoms with Crippen LogP contribution in [0.3, 0.4) is 0 Å². The molecule has 0 aliphatic rings. The Kier molecular flexibility index (Phi) is 5.65. The SMILES string of the molecule is CCOC(=O)CC(C)Sc1ccc(C(F)(F)F)cn1. The number of halogens is 3. The van der Waals surface area contributed by atoms with Gasteiger partial charge in [-0.2, -0.15) is 13.2 Å². The molecule has 106 valence electrons. The van der Waals surface area contributed by atoms with E-state index in [-0.39, 0.29) is 17.6 Å². The topological polar surface area (TPSA) is 39.2 Å². The van der Waals surface area contributed by atoms with Crippen LogP contribution in [-0.2, 0) is 15.7 Å². The lowest BCUT2D eigenvalue weighted by atomic mass is 10.3. The van der Waals surface area contributed by atoms with E-state index in [4.69, 9.17) is 4.74 Å². The molecule has 0 aromatic carbocycles. The van der Waals surface area contributed by atoms with Crippen LogP contribution in [-0.4, -0.2) is 22.8 Å². The molecule has 0 saturated carbocycles. The van der Waals surface area contributed by atoms with Gasteiger partial charge in [-0.25, -0.2) is 4.98 Å². The standard InChI is InChI=1S/C12H14F3NO2S/c1-3-18-11(17)6-8(2)19-10-5-4-9(7-16-10)12(13,14)15/h4-5,7-8H,3,6H2,1-2H3. The van der Waals surface area contributed by atoms with E-state index in [1.165, 1.54) is 17.8 Å². The van der Waals surface area contributed by atoms with Gasteiger partial charge in [0.15, 0.2) is 0 Å². The average molecular weight is 293 g/mol. The maximum atomic E-state index is 12.3. The molecule has 1 heterocycles. The minimum Gasteiger partial charge on any atom is -0.466 e. The zero-order valence-electron chi connectivity index (χ0n) is 10.5. The number of rotatable bonds is 5. The maximum absolute atomic E-state index is 12.3. The normalized spacial score (nSPS) is 13.1. The number of hydrogen-bond acceptors (Lipinski definition) is 4. The zero-order valence-corrected chi connectivity index (χ0v) is 11.3. The number of pyridine rings is 1. The first kappa shape index (κ1) is 15.8. The molecule has 0 radical (unpaired) electrons. The molecule has 3 nitrogen and oxygen atoms in total. The number of carbonyl (C=O) groups excluding carboxylic acids is 1. The molecule has 0 N–H and O–H groups in total. The average Bonchev–Trinajstić information content (AvgIpc) is 2.28. The summed E-state index contributed by atoms with van der Waals surface area (Å²) in [7, 11) is 0. The second-order valence-electron chi connectivity index (χ2n) is 3.82. The molecular weight excluding hydrogens is 279 g/mol. The highest BCUT2D eigenvalue weighted by Gasteiger charge is 2.30. The summed E-state index contributed by atoms with van der Waals surface area (Å²) in [6.45, 7) is 3.82. The first-order chi connectivity index (χ1) is 8.82. The van der Waals surface area contributed by atoms with Gasteiger partial charge in [0.05, 0.1) is 23.6 Å². The minimum atomic E-state index is -4.38.